The summed E-state index contributed by atoms with van der Waals surface area (Å²) < 4.78 is 39.7. The Morgan fingerprint density at radius 3 is 1.16 bits per heavy atom. The van der Waals surface area contributed by atoms with E-state index in [9.17, 15) is 71.9 Å². The first-order valence-corrected chi connectivity index (χ1v) is 38.9. The number of amides is 6. The average Bonchev–Trinajstić information content (AvgIpc) is 1.70. The second-order valence-corrected chi connectivity index (χ2v) is 36.1. The number of hydrogen-bond donors (Lipinski definition) is 4. The molecule has 0 unspecified atom stereocenters. The Morgan fingerprint density at radius 1 is 0.487 bits per heavy atom. The molecule has 0 aromatic carbocycles. The first-order valence-electron chi connectivity index (χ1n) is 38.9. The zero-order valence-corrected chi connectivity index (χ0v) is 80.5. The molecule has 6 aliphatic rings. The standard InChI is InChI=1S/C12H21NO4.C12H21NO3.C11H17NO4.C11H19NO4.C11H21NO3.C10H18O5.C7H13NO.C7H11NO.CH4.CH3.BrH.Li.Mg.H2O/c1-8(14)6-7-10(9(2)15)13-11(16)17-12(3,4)5;1-8-6-7-10(9(2)14)13(8)11(15)16-12(3,4)5;1-7(13)8-5-6-9(14)12(8)10(15)16-11(2,3)4;1-7-5-6-8(9(13)14)12(7)10(15)16-11(2,3)4;1-8-5-6-9(7-13)12(8)10(14)15-11(2,3)4;1-9(2,3)14-7(11)13-8(12)15-10(4,5)6;2*1-5-3-4-7(8-5)6(2)9;;;;;;/h10H,6-7H2,1-5H3,(H,13,16);8,10H,6-7H2,1-5H3;8H,5-6H2,1-4H3;7-8H,5-6H2,1-4H3,(H,13,14);8-9,13H,5-7H2,1-4H3;1-6H3;5,7-8H,3-4H2,1-2H3;7H,3-4H2,1-2H3;1H4;1H3;1H;;;1H2/q;;;;;;;;;-1;;+1;+2;/p-2/t10-;8-,10-;8-;7-,8-;8-,9-;;5-,7-;7-;;;;;;/m00000.00....../s1. The smallest absolute Gasteiger partial charge is 1.00 e. The molecule has 682 valence electrons. The maximum Gasteiger partial charge on any atom is 2.00 e. The zero-order chi connectivity index (χ0) is 88.8. The predicted octanol–water partition coefficient (Wildman–Crippen LogP) is 8.65. The van der Waals surface area contributed by atoms with Gasteiger partial charge in [-0.15, -0.1) is 0 Å². The van der Waals surface area contributed by atoms with Gasteiger partial charge in [0, 0.05) is 42.7 Å². The monoisotopic (exact) mass is 1770 g/mol. The molecule has 0 bridgehead atoms. The predicted molar refractivity (Wildman–Crippen MR) is 445 cm³/mol. The van der Waals surface area contributed by atoms with Gasteiger partial charge in [0.25, 0.3) is 0 Å². The fourth-order valence-electron chi connectivity index (χ4n) is 11.4. The van der Waals surface area contributed by atoms with Crippen molar-refractivity contribution in [3.05, 3.63) is 7.43 Å². The summed E-state index contributed by atoms with van der Waals surface area (Å²) in [6, 6.07) is -1.57. The van der Waals surface area contributed by atoms with E-state index < -0.39 is 93.9 Å². The van der Waals surface area contributed by atoms with Crippen LogP contribution in [-0.2, 0) is 76.3 Å². The van der Waals surface area contributed by atoms with Gasteiger partial charge in [-0.05, 0) is 299 Å². The normalized spacial score (nSPS) is 21.1. The van der Waals surface area contributed by atoms with E-state index in [-0.39, 0.29) is 194 Å². The van der Waals surface area contributed by atoms with E-state index in [2.05, 4.69) is 27.3 Å². The Balaban J connectivity index is -0.000000197. The molecule has 119 heavy (non-hydrogen) atoms. The molecular weight excluding hydrogens is 1620 g/mol. The van der Waals surface area contributed by atoms with Crippen molar-refractivity contribution in [1.82, 2.24) is 30.2 Å². The number of ether oxygens (including phenoxy) is 8. The van der Waals surface area contributed by atoms with Gasteiger partial charge in [-0.25, -0.2) is 43.3 Å². The number of aliphatic hydroxyl groups excluding tert-OH is 1. The Kier molecular flexibility index (Phi) is 61.6. The van der Waals surface area contributed by atoms with E-state index in [1.165, 1.54) is 32.6 Å². The molecule has 0 aliphatic carbocycles. The minimum atomic E-state index is -1.06. The maximum absolute atomic E-state index is 11.9. The Hall–Kier alpha value is -6.36. The van der Waals surface area contributed by atoms with Gasteiger partial charge in [-0.1, -0.05) is 7.43 Å². The third-order valence-electron chi connectivity index (χ3n) is 16.6. The molecule has 36 heteroatoms. The minimum absolute atomic E-state index is 0. The van der Waals surface area contributed by atoms with Gasteiger partial charge >= 0.3 is 90.7 Å². The number of nitrogens with zero attached hydrogens (tertiary/aromatic N) is 5. The number of aliphatic imine (C=N–C) groups is 1. The number of halogens is 1. The Morgan fingerprint density at radius 2 is 0.857 bits per heavy atom. The number of likely N-dealkylation sites (tertiary alicyclic amines) is 4. The number of aliphatic carboxylic acids is 1. The van der Waals surface area contributed by atoms with Crippen LogP contribution >= 0.6 is 0 Å². The van der Waals surface area contributed by atoms with Crippen molar-refractivity contribution in [2.45, 2.75) is 425 Å². The topological polar surface area (TPSA) is 450 Å². The molecule has 6 aliphatic heterocycles. The van der Waals surface area contributed by atoms with Gasteiger partial charge in [0.1, 0.15) is 68.9 Å². The van der Waals surface area contributed by atoms with Crippen LogP contribution in [0, 0.1) is 7.43 Å². The number of carbonyl (C=O) groups is 15. The number of aliphatic hydroxyl groups is 1. The molecule has 0 spiro atoms. The summed E-state index contributed by atoms with van der Waals surface area (Å²) in [4.78, 5) is 179. The maximum atomic E-state index is 11.9. The second-order valence-electron chi connectivity index (χ2n) is 36.1. The van der Waals surface area contributed by atoms with Gasteiger partial charge in [0.05, 0.1) is 30.8 Å². The minimum Gasteiger partial charge on any atom is -1.00 e. The third kappa shape index (κ3) is 56.9. The summed E-state index contributed by atoms with van der Waals surface area (Å²) in [5, 5.41) is 23.8. The summed E-state index contributed by atoms with van der Waals surface area (Å²) in [6.07, 6.45) is 5.19. The molecule has 6 rings (SSSR count). The van der Waals surface area contributed by atoms with Crippen molar-refractivity contribution in [3.63, 3.8) is 0 Å². The van der Waals surface area contributed by atoms with Crippen LogP contribution in [0.4, 0.5) is 33.6 Å². The Labute approximate surface area is 748 Å². The van der Waals surface area contributed by atoms with E-state index >= 15 is 0 Å². The third-order valence-corrected chi connectivity index (χ3v) is 16.6. The van der Waals surface area contributed by atoms with Crippen molar-refractivity contribution in [1.29, 1.82) is 0 Å². The van der Waals surface area contributed by atoms with Crippen molar-refractivity contribution in [3.8, 4) is 0 Å². The van der Waals surface area contributed by atoms with Crippen LogP contribution in [-0.4, -0.2) is 266 Å². The number of Topliss-reactive ketones (excluding diaryl/α,β-unsaturated/α-hetero) is 6. The number of ketones is 6. The van der Waals surface area contributed by atoms with Crippen molar-refractivity contribution >= 4 is 118 Å². The number of carboxylic acids is 1. The Bertz CT molecular complexity index is 3170. The summed E-state index contributed by atoms with van der Waals surface area (Å²) in [5.74, 6) is -1.16. The first-order chi connectivity index (χ1) is 51.0. The molecule has 6 amide bonds. The molecular formula is C83H149BrLiMgN7O26. The zero-order valence-electron chi connectivity index (χ0n) is 77.5. The quantitative estimate of drug-likeness (QED) is 0.0494. The summed E-state index contributed by atoms with van der Waals surface area (Å²) in [5.41, 5.74) is -3.12. The SMILES string of the molecule is C.CC(=O)CC[C@H](NC(=O)OC(C)(C)C)C(C)=O.CC(=O)[C@@H]1CCC(=O)N1C(=O)OC(C)(C)C.CC(=O)[C@@H]1CCC(C)=N1.CC(=O)[C@@H]1CC[C@H](C)N1.CC(=O)[C@@H]1CC[C@H](C)N1C(=O)OC(C)(C)C.CC(C)(C)OC(=O)OC(=O)OC(C)(C)C.C[C@H]1CC[C@@H](C(=O)O)N1C(=O)OC(C)(C)C.C[C@H]1CC[C@@H](CO)N1C(=O)OC(C)(C)C.[Br-].[CH3-].[Li+].[Mg+2].[OH-]. The van der Waals surface area contributed by atoms with E-state index in [1.54, 1.807) is 128 Å². The summed E-state index contributed by atoms with van der Waals surface area (Å²) in [7, 11) is 0. The average molecular weight is 1770 g/mol. The molecule has 0 radical (unpaired) electrons. The van der Waals surface area contributed by atoms with E-state index in [0.717, 1.165) is 62.0 Å². The number of carbonyl (C=O) groups excluding carboxylic acids is 14. The van der Waals surface area contributed by atoms with Crippen molar-refractivity contribution in [2.24, 2.45) is 4.99 Å². The molecule has 0 aromatic heterocycles. The number of alkyl carbamates (subject to hydrolysis) is 1. The number of nitrogens with one attached hydrogen (secondary N) is 2. The van der Waals surface area contributed by atoms with Crippen LogP contribution in [0.25, 0.3) is 0 Å². The molecule has 11 atom stereocenters. The first kappa shape index (κ1) is 128. The van der Waals surface area contributed by atoms with Crippen LogP contribution in [0.3, 0.4) is 0 Å². The molecule has 33 nitrogen and oxygen atoms in total. The van der Waals surface area contributed by atoms with Crippen LogP contribution < -0.4 is 46.5 Å². The van der Waals surface area contributed by atoms with Crippen LogP contribution in [0.2, 0.25) is 0 Å². The van der Waals surface area contributed by atoms with Gasteiger partial charge in [0.2, 0.25) is 5.91 Å². The molecule has 0 aromatic rings. The number of carboxylic acid groups (broad SMARTS) is 1. The van der Waals surface area contributed by atoms with Crippen molar-refractivity contribution in [2.75, 3.05) is 6.61 Å². The van der Waals surface area contributed by atoms with Gasteiger partial charge < -0.3 is 98.3 Å². The fourth-order valence-corrected chi connectivity index (χ4v) is 11.4. The van der Waals surface area contributed by atoms with E-state index in [4.69, 9.17) is 43.4 Å². The fraction of sp³-hybridized carbons (Fsp3) is 0.795. The number of rotatable bonds is 11. The van der Waals surface area contributed by atoms with Crippen molar-refractivity contribution < 1.29 is 161 Å². The molecule has 5 saturated heterocycles. The number of hydrogen-bond acceptors (Lipinski definition) is 27. The second kappa shape index (κ2) is 57.2. The molecule has 5 N–H and O–H groups in total. The number of imide groups is 1. The molecule has 6 heterocycles. The van der Waals surface area contributed by atoms with Crippen LogP contribution in [0.5, 0.6) is 0 Å². The van der Waals surface area contributed by atoms with Crippen LogP contribution in [0.1, 0.15) is 319 Å². The summed E-state index contributed by atoms with van der Waals surface area (Å²) in [6.45, 7) is 55.6. The van der Waals surface area contributed by atoms with E-state index in [1.807, 2.05) is 69.2 Å². The molecule has 5 fully saturated rings. The van der Waals surface area contributed by atoms with E-state index in [0.29, 0.717) is 31.7 Å². The van der Waals surface area contributed by atoms with Gasteiger partial charge in [0.15, 0.2) is 23.1 Å². The van der Waals surface area contributed by atoms with Gasteiger partial charge in [-0.3, -0.25) is 43.6 Å². The molecule has 0 saturated carbocycles. The van der Waals surface area contributed by atoms with Gasteiger partial charge in [-0.2, -0.15) is 0 Å². The summed E-state index contributed by atoms with van der Waals surface area (Å²) >= 11 is 0. The largest absolute Gasteiger partial charge is 2.00 e. The van der Waals surface area contributed by atoms with Crippen LogP contribution in [0.15, 0.2) is 4.99 Å².